The molecule has 2 heterocycles. The molecule has 0 bridgehead atoms. The SMILES string of the molecule is O=C1/C(=N\c2ccc(Cl)c(Cl)c2)c2ccccc2N1Cc1ccccn1. The Morgan fingerprint density at radius 1 is 0.962 bits per heavy atom. The highest BCUT2D eigenvalue weighted by molar-refractivity contribution is 6.54. The van der Waals surface area contributed by atoms with Gasteiger partial charge < -0.3 is 4.90 Å². The van der Waals surface area contributed by atoms with Crippen LogP contribution in [0.3, 0.4) is 0 Å². The average molecular weight is 382 g/mol. The average Bonchev–Trinajstić information content (AvgIpc) is 2.92. The van der Waals surface area contributed by atoms with Gasteiger partial charge in [0.05, 0.1) is 33.7 Å². The van der Waals surface area contributed by atoms with Crippen LogP contribution in [0.5, 0.6) is 0 Å². The standard InChI is InChI=1S/C20H13Cl2N3O/c21-16-9-8-13(11-17(16)22)24-19-15-6-1-2-7-18(15)25(20(19)26)12-14-5-3-4-10-23-14/h1-11H,12H2/b24-19-. The first-order valence-electron chi connectivity index (χ1n) is 7.98. The van der Waals surface area contributed by atoms with Crippen molar-refractivity contribution in [1.82, 2.24) is 4.98 Å². The largest absolute Gasteiger partial charge is 0.300 e. The van der Waals surface area contributed by atoms with Gasteiger partial charge in [-0.05, 0) is 36.4 Å². The quantitative estimate of drug-likeness (QED) is 0.636. The van der Waals surface area contributed by atoms with Gasteiger partial charge in [-0.15, -0.1) is 0 Å². The molecule has 0 radical (unpaired) electrons. The van der Waals surface area contributed by atoms with Crippen LogP contribution in [0.2, 0.25) is 10.0 Å². The number of amides is 1. The molecular weight excluding hydrogens is 369 g/mol. The van der Waals surface area contributed by atoms with Crippen molar-refractivity contribution in [3.05, 3.63) is 88.2 Å². The maximum atomic E-state index is 13.0. The normalized spacial score (nSPS) is 14.8. The lowest BCUT2D eigenvalue weighted by molar-refractivity contribution is -0.112. The third-order valence-electron chi connectivity index (χ3n) is 4.09. The number of para-hydroxylation sites is 1. The number of fused-ring (bicyclic) bond motifs is 1. The first-order chi connectivity index (χ1) is 12.6. The van der Waals surface area contributed by atoms with Crippen LogP contribution in [-0.4, -0.2) is 16.6 Å². The number of benzene rings is 2. The number of rotatable bonds is 3. The predicted molar refractivity (Wildman–Crippen MR) is 105 cm³/mol. The molecule has 128 valence electrons. The summed E-state index contributed by atoms with van der Waals surface area (Å²) in [7, 11) is 0. The number of pyridine rings is 1. The molecule has 4 rings (SSSR count). The summed E-state index contributed by atoms with van der Waals surface area (Å²) in [5.41, 5.74) is 3.39. The van der Waals surface area contributed by atoms with Crippen LogP contribution in [-0.2, 0) is 11.3 Å². The van der Waals surface area contributed by atoms with Crippen LogP contribution < -0.4 is 4.90 Å². The Labute approximate surface area is 160 Å². The Kier molecular flexibility index (Phi) is 4.45. The number of hydrogen-bond donors (Lipinski definition) is 0. The minimum absolute atomic E-state index is 0.164. The molecule has 1 aliphatic heterocycles. The van der Waals surface area contributed by atoms with E-state index in [9.17, 15) is 4.79 Å². The summed E-state index contributed by atoms with van der Waals surface area (Å²) >= 11 is 12.0. The molecule has 0 saturated heterocycles. The van der Waals surface area contributed by atoms with Gasteiger partial charge in [-0.3, -0.25) is 9.78 Å². The zero-order valence-corrected chi connectivity index (χ0v) is 15.1. The summed E-state index contributed by atoms with van der Waals surface area (Å²) < 4.78 is 0. The van der Waals surface area contributed by atoms with E-state index in [1.165, 1.54) is 0 Å². The number of carbonyl (C=O) groups is 1. The van der Waals surface area contributed by atoms with Crippen molar-refractivity contribution in [2.45, 2.75) is 6.54 Å². The molecule has 0 saturated carbocycles. The molecule has 1 aliphatic rings. The van der Waals surface area contributed by atoms with Crippen LogP contribution in [0.4, 0.5) is 11.4 Å². The lowest BCUT2D eigenvalue weighted by atomic mass is 10.1. The van der Waals surface area contributed by atoms with Gasteiger partial charge >= 0.3 is 0 Å². The lowest BCUT2D eigenvalue weighted by Gasteiger charge is -2.16. The minimum Gasteiger partial charge on any atom is -0.300 e. The second-order valence-electron chi connectivity index (χ2n) is 5.79. The molecule has 0 unspecified atom stereocenters. The first-order valence-corrected chi connectivity index (χ1v) is 8.74. The number of hydrogen-bond acceptors (Lipinski definition) is 3. The highest BCUT2D eigenvalue weighted by atomic mass is 35.5. The molecule has 0 atom stereocenters. The minimum atomic E-state index is -0.164. The molecule has 0 spiro atoms. The zero-order chi connectivity index (χ0) is 18.1. The molecule has 0 N–H and O–H groups in total. The van der Waals surface area contributed by atoms with Crippen LogP contribution in [0.1, 0.15) is 11.3 Å². The molecule has 3 aromatic rings. The second kappa shape index (κ2) is 6.90. The molecule has 0 fully saturated rings. The lowest BCUT2D eigenvalue weighted by Crippen LogP contribution is -2.29. The van der Waals surface area contributed by atoms with E-state index >= 15 is 0 Å². The van der Waals surface area contributed by atoms with Gasteiger partial charge in [0.15, 0.2) is 0 Å². The number of carbonyl (C=O) groups excluding carboxylic acids is 1. The van der Waals surface area contributed by atoms with Crippen LogP contribution in [0.15, 0.2) is 71.9 Å². The summed E-state index contributed by atoms with van der Waals surface area (Å²) in [6.07, 6.45) is 1.71. The Hall–Kier alpha value is -2.69. The topological polar surface area (TPSA) is 45.6 Å². The van der Waals surface area contributed by atoms with Crippen molar-refractivity contribution in [2.75, 3.05) is 4.90 Å². The number of aliphatic imine (C=N–C) groups is 1. The van der Waals surface area contributed by atoms with Crippen LogP contribution >= 0.6 is 23.2 Å². The number of aromatic nitrogens is 1. The molecule has 6 heteroatoms. The van der Waals surface area contributed by atoms with Gasteiger partial charge in [0.1, 0.15) is 5.71 Å². The maximum Gasteiger partial charge on any atom is 0.277 e. The van der Waals surface area contributed by atoms with Crippen molar-refractivity contribution in [3.8, 4) is 0 Å². The third kappa shape index (κ3) is 3.09. The molecule has 0 aliphatic carbocycles. The van der Waals surface area contributed by atoms with E-state index in [1.807, 2.05) is 42.5 Å². The Morgan fingerprint density at radius 3 is 2.54 bits per heavy atom. The molecule has 2 aromatic carbocycles. The Morgan fingerprint density at radius 2 is 1.77 bits per heavy atom. The van der Waals surface area contributed by atoms with Crippen LogP contribution in [0, 0.1) is 0 Å². The van der Waals surface area contributed by atoms with E-state index in [-0.39, 0.29) is 5.91 Å². The van der Waals surface area contributed by atoms with E-state index in [0.717, 1.165) is 16.9 Å². The summed E-state index contributed by atoms with van der Waals surface area (Å²) in [5.74, 6) is -0.164. The fourth-order valence-corrected chi connectivity index (χ4v) is 3.16. The van der Waals surface area contributed by atoms with Gasteiger partial charge in [-0.2, -0.15) is 0 Å². The van der Waals surface area contributed by atoms with Crippen molar-refractivity contribution >= 4 is 46.2 Å². The van der Waals surface area contributed by atoms with Gasteiger partial charge in [0.25, 0.3) is 5.91 Å². The summed E-state index contributed by atoms with van der Waals surface area (Å²) in [5, 5.41) is 0.850. The van der Waals surface area contributed by atoms with E-state index in [0.29, 0.717) is 28.0 Å². The number of halogens is 2. The van der Waals surface area contributed by atoms with Crippen molar-refractivity contribution in [1.29, 1.82) is 0 Å². The predicted octanol–water partition coefficient (Wildman–Crippen LogP) is 5.06. The Bertz CT molecular complexity index is 1020. The molecule has 1 amide bonds. The smallest absolute Gasteiger partial charge is 0.277 e. The van der Waals surface area contributed by atoms with Gasteiger partial charge in [0.2, 0.25) is 0 Å². The third-order valence-corrected chi connectivity index (χ3v) is 4.83. The molecule has 1 aromatic heterocycles. The number of nitrogens with zero attached hydrogens (tertiary/aromatic N) is 3. The van der Waals surface area contributed by atoms with Gasteiger partial charge in [0, 0.05) is 11.8 Å². The zero-order valence-electron chi connectivity index (χ0n) is 13.6. The van der Waals surface area contributed by atoms with Crippen molar-refractivity contribution in [3.63, 3.8) is 0 Å². The summed E-state index contributed by atoms with van der Waals surface area (Å²) in [4.78, 5) is 23.6. The monoisotopic (exact) mass is 381 g/mol. The summed E-state index contributed by atoms with van der Waals surface area (Å²) in [6, 6.07) is 18.3. The van der Waals surface area contributed by atoms with E-state index in [1.54, 1.807) is 29.3 Å². The highest BCUT2D eigenvalue weighted by Crippen LogP contribution is 2.33. The van der Waals surface area contributed by atoms with Crippen LogP contribution in [0.25, 0.3) is 0 Å². The van der Waals surface area contributed by atoms with Crippen molar-refractivity contribution in [2.24, 2.45) is 4.99 Å². The van der Waals surface area contributed by atoms with E-state index in [2.05, 4.69) is 9.98 Å². The van der Waals surface area contributed by atoms with Gasteiger partial charge in [-0.1, -0.05) is 47.5 Å². The first kappa shape index (κ1) is 16.8. The van der Waals surface area contributed by atoms with Gasteiger partial charge in [-0.25, -0.2) is 4.99 Å². The summed E-state index contributed by atoms with van der Waals surface area (Å²) in [6.45, 7) is 0.386. The molecule has 26 heavy (non-hydrogen) atoms. The molecule has 4 nitrogen and oxygen atoms in total. The van der Waals surface area contributed by atoms with Crippen molar-refractivity contribution < 1.29 is 4.79 Å². The fraction of sp³-hybridized carbons (Fsp3) is 0.0500. The second-order valence-corrected chi connectivity index (χ2v) is 6.60. The fourth-order valence-electron chi connectivity index (χ4n) is 2.86. The Balaban J connectivity index is 1.76. The maximum absolute atomic E-state index is 13.0. The van der Waals surface area contributed by atoms with E-state index < -0.39 is 0 Å². The van der Waals surface area contributed by atoms with E-state index in [4.69, 9.17) is 23.2 Å². The molecular formula is C20H13Cl2N3O. The highest BCUT2D eigenvalue weighted by Gasteiger charge is 2.33. The number of anilines is 1.